The molecule has 3 rings (SSSR count). The van der Waals surface area contributed by atoms with Crippen LogP contribution in [-0.2, 0) is 6.54 Å². The van der Waals surface area contributed by atoms with Crippen molar-refractivity contribution in [1.29, 1.82) is 0 Å². The van der Waals surface area contributed by atoms with Crippen LogP contribution in [0.2, 0.25) is 5.02 Å². The molecule has 0 bridgehead atoms. The van der Waals surface area contributed by atoms with Gasteiger partial charge in [0.15, 0.2) is 11.5 Å². The number of carbonyl (C=O) groups excluding carboxylic acids is 1. The normalized spacial score (nSPS) is 10.6. The molecule has 152 valence electrons. The summed E-state index contributed by atoms with van der Waals surface area (Å²) in [6.07, 6.45) is 6.23. The molecule has 1 N–H and O–H groups in total. The minimum atomic E-state index is -0.269. The minimum Gasteiger partial charge on any atom is -0.490 e. The zero-order chi connectivity index (χ0) is 20.6. The topological polar surface area (TPSA) is 65.4 Å². The summed E-state index contributed by atoms with van der Waals surface area (Å²) in [4.78, 5) is 16.8. The summed E-state index contributed by atoms with van der Waals surface area (Å²) < 4.78 is 13.3. The van der Waals surface area contributed by atoms with Gasteiger partial charge in [-0.05, 0) is 43.2 Å². The first-order valence-corrected chi connectivity index (χ1v) is 9.93. The lowest BCUT2D eigenvalue weighted by atomic mass is 10.1. The SMILES string of the molecule is CCCOc1c(Cl)cc(C(=O)Nc2cccc(Cn3ccnc3)c2)cc1OCC. The number of nitrogens with one attached hydrogen (secondary N) is 1. The number of aromatic nitrogens is 2. The molecule has 1 heterocycles. The number of halogens is 1. The Kier molecular flexibility index (Phi) is 7.14. The van der Waals surface area contributed by atoms with Crippen LogP contribution in [0.15, 0.2) is 55.1 Å². The molecule has 0 atom stereocenters. The smallest absolute Gasteiger partial charge is 0.255 e. The lowest BCUT2D eigenvalue weighted by molar-refractivity contribution is 0.102. The van der Waals surface area contributed by atoms with Gasteiger partial charge in [0.25, 0.3) is 5.91 Å². The Bertz CT molecular complexity index is 958. The average Bonchev–Trinajstić information content (AvgIpc) is 3.20. The number of ether oxygens (including phenoxy) is 2. The van der Waals surface area contributed by atoms with Crippen LogP contribution in [-0.4, -0.2) is 28.7 Å². The number of amides is 1. The molecule has 3 aromatic rings. The minimum absolute atomic E-state index is 0.269. The van der Waals surface area contributed by atoms with Gasteiger partial charge in [-0.15, -0.1) is 0 Å². The van der Waals surface area contributed by atoms with Crippen LogP contribution >= 0.6 is 11.6 Å². The molecule has 0 saturated heterocycles. The number of hydrogen-bond acceptors (Lipinski definition) is 4. The summed E-state index contributed by atoms with van der Waals surface area (Å²) in [5, 5.41) is 3.27. The zero-order valence-corrected chi connectivity index (χ0v) is 17.3. The second-order valence-electron chi connectivity index (χ2n) is 6.46. The quantitative estimate of drug-likeness (QED) is 0.534. The predicted molar refractivity (Wildman–Crippen MR) is 114 cm³/mol. The molecule has 0 aliphatic heterocycles. The molecular weight excluding hydrogens is 390 g/mol. The van der Waals surface area contributed by atoms with Crippen molar-refractivity contribution in [2.24, 2.45) is 0 Å². The first-order valence-electron chi connectivity index (χ1n) is 9.55. The van der Waals surface area contributed by atoms with Crippen LogP contribution in [0.3, 0.4) is 0 Å². The molecule has 1 aromatic heterocycles. The van der Waals surface area contributed by atoms with Gasteiger partial charge in [0, 0.05) is 30.2 Å². The first-order chi connectivity index (χ1) is 14.1. The standard InChI is InChI=1S/C22H24ClN3O3/c1-3-10-29-21-19(23)12-17(13-20(21)28-4-2)22(27)25-18-7-5-6-16(11-18)14-26-9-8-24-15-26/h5-9,11-13,15H,3-4,10,14H2,1-2H3,(H,25,27). The number of hydrogen-bond donors (Lipinski definition) is 1. The molecule has 7 heteroatoms. The van der Waals surface area contributed by atoms with Gasteiger partial charge in [-0.2, -0.15) is 0 Å². The molecule has 6 nitrogen and oxygen atoms in total. The van der Waals surface area contributed by atoms with E-state index in [0.29, 0.717) is 47.5 Å². The highest BCUT2D eigenvalue weighted by Gasteiger charge is 2.16. The van der Waals surface area contributed by atoms with E-state index < -0.39 is 0 Å². The Balaban J connectivity index is 1.78. The van der Waals surface area contributed by atoms with Gasteiger partial charge in [-0.25, -0.2) is 4.98 Å². The highest BCUT2D eigenvalue weighted by atomic mass is 35.5. The molecule has 1 amide bonds. The number of benzene rings is 2. The summed E-state index contributed by atoms with van der Waals surface area (Å²) in [7, 11) is 0. The van der Waals surface area contributed by atoms with Gasteiger partial charge >= 0.3 is 0 Å². The highest BCUT2D eigenvalue weighted by molar-refractivity contribution is 6.32. The van der Waals surface area contributed by atoms with E-state index in [1.54, 1.807) is 24.7 Å². The lowest BCUT2D eigenvalue weighted by Gasteiger charge is -2.15. The monoisotopic (exact) mass is 413 g/mol. The van der Waals surface area contributed by atoms with Crippen LogP contribution in [0.5, 0.6) is 11.5 Å². The number of imidazole rings is 1. The molecule has 29 heavy (non-hydrogen) atoms. The second-order valence-corrected chi connectivity index (χ2v) is 6.86. The van der Waals surface area contributed by atoms with Crippen molar-refractivity contribution in [3.05, 3.63) is 71.3 Å². The van der Waals surface area contributed by atoms with Gasteiger partial charge in [-0.1, -0.05) is 30.7 Å². The number of nitrogens with zero attached hydrogens (tertiary/aromatic N) is 2. The van der Waals surface area contributed by atoms with Crippen molar-refractivity contribution in [3.8, 4) is 11.5 Å². The van der Waals surface area contributed by atoms with E-state index in [9.17, 15) is 4.79 Å². The molecule has 0 unspecified atom stereocenters. The van der Waals surface area contributed by atoms with Crippen molar-refractivity contribution in [2.45, 2.75) is 26.8 Å². The third-order valence-electron chi connectivity index (χ3n) is 4.13. The second kappa shape index (κ2) is 9.98. The number of rotatable bonds is 9. The van der Waals surface area contributed by atoms with E-state index in [2.05, 4.69) is 10.3 Å². The summed E-state index contributed by atoms with van der Waals surface area (Å²) in [5.74, 6) is 0.663. The van der Waals surface area contributed by atoms with Crippen molar-refractivity contribution < 1.29 is 14.3 Å². The molecular formula is C22H24ClN3O3. The molecule has 0 saturated carbocycles. The van der Waals surface area contributed by atoms with Gasteiger partial charge in [0.1, 0.15) is 0 Å². The molecule has 0 aliphatic carbocycles. The van der Waals surface area contributed by atoms with E-state index >= 15 is 0 Å². The molecule has 0 aliphatic rings. The number of anilines is 1. The van der Waals surface area contributed by atoms with Gasteiger partial charge in [0.05, 0.1) is 24.6 Å². The Labute approximate surface area is 175 Å². The van der Waals surface area contributed by atoms with E-state index in [-0.39, 0.29) is 5.91 Å². The third kappa shape index (κ3) is 5.51. The van der Waals surface area contributed by atoms with Gasteiger partial charge < -0.3 is 19.4 Å². The van der Waals surface area contributed by atoms with Crippen molar-refractivity contribution in [3.63, 3.8) is 0 Å². The van der Waals surface area contributed by atoms with E-state index in [4.69, 9.17) is 21.1 Å². The summed E-state index contributed by atoms with van der Waals surface area (Å²) in [5.41, 5.74) is 2.16. The highest BCUT2D eigenvalue weighted by Crippen LogP contribution is 2.37. The van der Waals surface area contributed by atoms with Gasteiger partial charge in [0.2, 0.25) is 0 Å². The zero-order valence-electron chi connectivity index (χ0n) is 16.5. The maximum absolute atomic E-state index is 12.8. The third-order valence-corrected chi connectivity index (χ3v) is 4.41. The fourth-order valence-corrected chi connectivity index (χ4v) is 3.11. The average molecular weight is 414 g/mol. The van der Waals surface area contributed by atoms with Crippen molar-refractivity contribution >= 4 is 23.2 Å². The summed E-state index contributed by atoms with van der Waals surface area (Å²) >= 11 is 6.36. The molecule has 0 radical (unpaired) electrons. The van der Waals surface area contributed by atoms with Crippen molar-refractivity contribution in [2.75, 3.05) is 18.5 Å². The fraction of sp³-hybridized carbons (Fsp3) is 0.273. The van der Waals surface area contributed by atoms with E-state index in [1.165, 1.54) is 0 Å². The Morgan fingerprint density at radius 3 is 2.79 bits per heavy atom. The van der Waals surface area contributed by atoms with Crippen LogP contribution in [0.25, 0.3) is 0 Å². The molecule has 2 aromatic carbocycles. The van der Waals surface area contributed by atoms with Gasteiger partial charge in [-0.3, -0.25) is 4.79 Å². The Hall–Kier alpha value is -2.99. The van der Waals surface area contributed by atoms with Crippen molar-refractivity contribution in [1.82, 2.24) is 9.55 Å². The predicted octanol–water partition coefficient (Wildman–Crippen LogP) is 5.02. The first kappa shape index (κ1) is 20.7. The maximum Gasteiger partial charge on any atom is 0.255 e. The maximum atomic E-state index is 12.8. The van der Waals surface area contributed by atoms with Crippen LogP contribution < -0.4 is 14.8 Å². The van der Waals surface area contributed by atoms with Crippen LogP contribution in [0.1, 0.15) is 36.2 Å². The van der Waals surface area contributed by atoms with E-state index in [1.807, 2.05) is 48.9 Å². The Morgan fingerprint density at radius 1 is 1.21 bits per heavy atom. The van der Waals surface area contributed by atoms with Crippen LogP contribution in [0.4, 0.5) is 5.69 Å². The summed E-state index contributed by atoms with van der Waals surface area (Å²) in [6.45, 7) is 5.52. The largest absolute Gasteiger partial charge is 0.490 e. The summed E-state index contributed by atoms with van der Waals surface area (Å²) in [6, 6.07) is 10.9. The molecule has 0 fully saturated rings. The number of carbonyl (C=O) groups is 1. The Morgan fingerprint density at radius 2 is 2.07 bits per heavy atom. The fourth-order valence-electron chi connectivity index (χ4n) is 2.85. The molecule has 0 spiro atoms. The lowest BCUT2D eigenvalue weighted by Crippen LogP contribution is -2.13. The van der Waals surface area contributed by atoms with Crippen LogP contribution in [0, 0.1) is 0 Å². The van der Waals surface area contributed by atoms with E-state index in [0.717, 1.165) is 12.0 Å².